The predicted octanol–water partition coefficient (Wildman–Crippen LogP) is 3.51. The van der Waals surface area contributed by atoms with Crippen LogP contribution in [-0.4, -0.2) is 42.3 Å². The molecule has 1 saturated heterocycles. The van der Waals surface area contributed by atoms with Crippen LogP contribution in [0.4, 0.5) is 5.69 Å². The van der Waals surface area contributed by atoms with E-state index in [-0.39, 0.29) is 17.8 Å². The van der Waals surface area contributed by atoms with E-state index >= 15 is 0 Å². The summed E-state index contributed by atoms with van der Waals surface area (Å²) in [6, 6.07) is 17.2. The van der Waals surface area contributed by atoms with Gasteiger partial charge < -0.3 is 10.1 Å². The number of amides is 1. The number of hydrogen-bond donors (Lipinski definition) is 1. The summed E-state index contributed by atoms with van der Waals surface area (Å²) in [6.07, 6.45) is 2.11. The third-order valence-electron chi connectivity index (χ3n) is 4.78. The topological polar surface area (TPSA) is 58.6 Å². The highest BCUT2D eigenvalue weighted by Crippen LogP contribution is 2.16. The van der Waals surface area contributed by atoms with Gasteiger partial charge in [-0.3, -0.25) is 14.5 Å². The second kappa shape index (κ2) is 9.44. The summed E-state index contributed by atoms with van der Waals surface area (Å²) in [5, 5.41) is 2.88. The monoisotopic (exact) mass is 366 g/mol. The Morgan fingerprint density at radius 2 is 1.81 bits per heavy atom. The van der Waals surface area contributed by atoms with E-state index in [2.05, 4.69) is 22.3 Å². The van der Waals surface area contributed by atoms with Gasteiger partial charge in [0.05, 0.1) is 19.3 Å². The van der Waals surface area contributed by atoms with Gasteiger partial charge in [0.2, 0.25) is 5.91 Å². The predicted molar refractivity (Wildman–Crippen MR) is 106 cm³/mol. The van der Waals surface area contributed by atoms with E-state index in [1.807, 2.05) is 18.2 Å². The van der Waals surface area contributed by atoms with Gasteiger partial charge in [-0.25, -0.2) is 0 Å². The average molecular weight is 366 g/mol. The van der Waals surface area contributed by atoms with Crippen molar-refractivity contribution in [2.75, 3.05) is 25.0 Å². The van der Waals surface area contributed by atoms with Gasteiger partial charge in [0.15, 0.2) is 5.78 Å². The summed E-state index contributed by atoms with van der Waals surface area (Å²) in [5.74, 6) is -0.0666. The number of nitrogens with zero attached hydrogens (tertiary/aromatic N) is 1. The molecule has 5 heteroatoms. The van der Waals surface area contributed by atoms with Gasteiger partial charge in [-0.05, 0) is 37.5 Å². The van der Waals surface area contributed by atoms with E-state index in [1.165, 1.54) is 12.5 Å². The minimum atomic E-state index is -0.0562. The Balaban J connectivity index is 1.40. The van der Waals surface area contributed by atoms with Crippen LogP contribution in [0.5, 0.6) is 0 Å². The lowest BCUT2D eigenvalue weighted by Gasteiger charge is -2.31. The number of ketones is 1. The van der Waals surface area contributed by atoms with E-state index < -0.39 is 0 Å². The van der Waals surface area contributed by atoms with Crippen LogP contribution in [-0.2, 0) is 16.1 Å². The van der Waals surface area contributed by atoms with Crippen molar-refractivity contribution in [2.24, 2.45) is 0 Å². The molecule has 1 aliphatic heterocycles. The molecule has 0 saturated carbocycles. The fourth-order valence-corrected chi connectivity index (χ4v) is 3.24. The number of carbonyl (C=O) groups excluding carboxylic acids is 2. The van der Waals surface area contributed by atoms with Crippen LogP contribution in [0, 0.1) is 0 Å². The summed E-state index contributed by atoms with van der Waals surface area (Å²) >= 11 is 0. The minimum absolute atomic E-state index is 0.0105. The molecule has 0 aliphatic carbocycles. The van der Waals surface area contributed by atoms with Gasteiger partial charge in [0, 0.05) is 24.3 Å². The van der Waals surface area contributed by atoms with E-state index in [0.717, 1.165) is 25.9 Å². The van der Waals surface area contributed by atoms with Crippen molar-refractivity contribution < 1.29 is 14.3 Å². The van der Waals surface area contributed by atoms with Gasteiger partial charge in [-0.15, -0.1) is 0 Å². The third kappa shape index (κ3) is 6.01. The van der Waals surface area contributed by atoms with Gasteiger partial charge in [0.1, 0.15) is 0 Å². The van der Waals surface area contributed by atoms with E-state index in [0.29, 0.717) is 24.4 Å². The number of ether oxygens (including phenoxy) is 1. The number of hydrogen-bond acceptors (Lipinski definition) is 4. The van der Waals surface area contributed by atoms with Crippen molar-refractivity contribution in [3.63, 3.8) is 0 Å². The Labute approximate surface area is 160 Å². The quantitative estimate of drug-likeness (QED) is 0.762. The normalized spacial score (nSPS) is 15.4. The largest absolute Gasteiger partial charge is 0.373 e. The standard InChI is InChI=1S/C22H26N2O3/c1-17(25)19-8-5-9-20(14-19)23-22(26)15-24-12-10-21(11-13-24)27-16-18-6-3-2-4-7-18/h2-9,14,21H,10-13,15-16H2,1H3,(H,23,26). The molecule has 1 aliphatic rings. The number of carbonyl (C=O) groups is 2. The first-order chi connectivity index (χ1) is 13.1. The first-order valence-corrected chi connectivity index (χ1v) is 9.39. The second-order valence-corrected chi connectivity index (χ2v) is 6.96. The highest BCUT2D eigenvalue weighted by molar-refractivity contribution is 5.97. The van der Waals surface area contributed by atoms with Crippen LogP contribution < -0.4 is 5.32 Å². The number of benzene rings is 2. The fraction of sp³-hybridized carbons (Fsp3) is 0.364. The zero-order valence-corrected chi connectivity index (χ0v) is 15.7. The molecule has 0 atom stereocenters. The highest BCUT2D eigenvalue weighted by atomic mass is 16.5. The van der Waals surface area contributed by atoms with Crippen molar-refractivity contribution in [1.82, 2.24) is 4.90 Å². The highest BCUT2D eigenvalue weighted by Gasteiger charge is 2.21. The summed E-state index contributed by atoms with van der Waals surface area (Å²) < 4.78 is 5.99. The van der Waals surface area contributed by atoms with Gasteiger partial charge in [0.25, 0.3) is 0 Å². The third-order valence-corrected chi connectivity index (χ3v) is 4.78. The van der Waals surface area contributed by atoms with Gasteiger partial charge in [-0.2, -0.15) is 0 Å². The molecule has 5 nitrogen and oxygen atoms in total. The van der Waals surface area contributed by atoms with Gasteiger partial charge in [-0.1, -0.05) is 42.5 Å². The molecule has 2 aromatic rings. The summed E-state index contributed by atoms with van der Waals surface area (Å²) in [6.45, 7) is 4.21. The molecular formula is C22H26N2O3. The lowest BCUT2D eigenvalue weighted by atomic mass is 10.1. The van der Waals surface area contributed by atoms with Crippen molar-refractivity contribution in [3.05, 3.63) is 65.7 Å². The van der Waals surface area contributed by atoms with Crippen LogP contribution in [0.3, 0.4) is 0 Å². The summed E-state index contributed by atoms with van der Waals surface area (Å²) in [7, 11) is 0. The molecule has 3 rings (SSSR count). The minimum Gasteiger partial charge on any atom is -0.373 e. The molecule has 142 valence electrons. The zero-order valence-electron chi connectivity index (χ0n) is 15.7. The molecule has 1 fully saturated rings. The SMILES string of the molecule is CC(=O)c1cccc(NC(=O)CN2CCC(OCc3ccccc3)CC2)c1. The van der Waals surface area contributed by atoms with Crippen LogP contribution in [0.2, 0.25) is 0 Å². The molecule has 27 heavy (non-hydrogen) atoms. The summed E-state index contributed by atoms with van der Waals surface area (Å²) in [4.78, 5) is 25.9. The number of likely N-dealkylation sites (tertiary alicyclic amines) is 1. The average Bonchev–Trinajstić information content (AvgIpc) is 2.68. The molecule has 0 unspecified atom stereocenters. The Hall–Kier alpha value is -2.50. The first kappa shape index (κ1) is 19.3. The van der Waals surface area contributed by atoms with Crippen LogP contribution in [0.1, 0.15) is 35.7 Å². The summed E-state index contributed by atoms with van der Waals surface area (Å²) in [5.41, 5.74) is 2.45. The molecular weight excluding hydrogens is 340 g/mol. The number of nitrogens with one attached hydrogen (secondary N) is 1. The number of anilines is 1. The maximum Gasteiger partial charge on any atom is 0.238 e. The van der Waals surface area contributed by atoms with E-state index in [4.69, 9.17) is 4.74 Å². The number of Topliss-reactive ketones (excluding diaryl/α,β-unsaturated/α-hetero) is 1. The van der Waals surface area contributed by atoms with Crippen LogP contribution >= 0.6 is 0 Å². The first-order valence-electron chi connectivity index (χ1n) is 9.39. The maximum atomic E-state index is 12.3. The molecule has 0 radical (unpaired) electrons. The van der Waals surface area contributed by atoms with Crippen LogP contribution in [0.25, 0.3) is 0 Å². The second-order valence-electron chi connectivity index (χ2n) is 6.96. The van der Waals surface area contributed by atoms with E-state index in [9.17, 15) is 9.59 Å². The number of piperidine rings is 1. The van der Waals surface area contributed by atoms with Gasteiger partial charge >= 0.3 is 0 Å². The van der Waals surface area contributed by atoms with Crippen molar-refractivity contribution in [2.45, 2.75) is 32.5 Å². The lowest BCUT2D eigenvalue weighted by molar-refractivity contribution is -0.118. The lowest BCUT2D eigenvalue weighted by Crippen LogP contribution is -2.41. The molecule has 1 N–H and O–H groups in total. The molecule has 0 spiro atoms. The fourth-order valence-electron chi connectivity index (χ4n) is 3.24. The zero-order chi connectivity index (χ0) is 19.1. The molecule has 1 amide bonds. The van der Waals surface area contributed by atoms with E-state index in [1.54, 1.807) is 24.3 Å². The Morgan fingerprint density at radius 1 is 1.07 bits per heavy atom. The molecule has 0 aromatic heterocycles. The van der Waals surface area contributed by atoms with Crippen molar-refractivity contribution in [1.29, 1.82) is 0 Å². The Bertz CT molecular complexity index is 768. The maximum absolute atomic E-state index is 12.3. The molecule has 0 bridgehead atoms. The Morgan fingerprint density at radius 3 is 2.52 bits per heavy atom. The van der Waals surface area contributed by atoms with Crippen molar-refractivity contribution >= 4 is 17.4 Å². The smallest absolute Gasteiger partial charge is 0.238 e. The van der Waals surface area contributed by atoms with Crippen LogP contribution in [0.15, 0.2) is 54.6 Å². The Kier molecular flexibility index (Phi) is 6.74. The van der Waals surface area contributed by atoms with Crippen molar-refractivity contribution in [3.8, 4) is 0 Å². The molecule has 2 aromatic carbocycles. The number of rotatable bonds is 7. The molecule has 1 heterocycles.